The highest BCUT2D eigenvalue weighted by atomic mass is 17.1. The third kappa shape index (κ3) is 23.8. The van der Waals surface area contributed by atoms with Crippen LogP contribution in [0.25, 0.3) is 0 Å². The van der Waals surface area contributed by atoms with Gasteiger partial charge in [-0.05, 0) is 19.3 Å². The molecule has 0 radical (unpaired) electrons. The van der Waals surface area contributed by atoms with Gasteiger partial charge in [-0.25, -0.2) is 4.89 Å². The van der Waals surface area contributed by atoms with Crippen LogP contribution >= 0.6 is 0 Å². The van der Waals surface area contributed by atoms with Crippen LogP contribution in [-0.2, 0) is 4.89 Å². The topological polar surface area (TPSA) is 49.7 Å². The molecule has 0 aliphatic rings. The summed E-state index contributed by atoms with van der Waals surface area (Å²) in [7, 11) is 0. The first kappa shape index (κ1) is 26.9. The number of hydrogen-bond acceptors (Lipinski definition) is 3. The van der Waals surface area contributed by atoms with Crippen LogP contribution in [0.5, 0.6) is 0 Å². The number of rotatable bonds is 23. The quantitative estimate of drug-likeness (QED) is 0.106. The molecular formula is C24H50O3. The molecule has 0 amide bonds. The summed E-state index contributed by atoms with van der Waals surface area (Å²) in [6.45, 7) is 2.74. The standard InChI is InChI=1S/C24H50O3/c1-2-3-4-5-6-7-8-9-10-12-15-18-21-24(25)22-19-16-13-11-14-17-20-23-27-26/h24-26H,2-23H2,1H3. The predicted octanol–water partition coefficient (Wildman–Crippen LogP) is 8.05. The van der Waals surface area contributed by atoms with E-state index in [1.165, 1.54) is 109 Å². The van der Waals surface area contributed by atoms with E-state index in [1.54, 1.807) is 0 Å². The fourth-order valence-corrected chi connectivity index (χ4v) is 3.80. The molecule has 1 atom stereocenters. The summed E-state index contributed by atoms with van der Waals surface area (Å²) in [6, 6.07) is 0. The van der Waals surface area contributed by atoms with E-state index in [0.29, 0.717) is 6.61 Å². The molecule has 0 aliphatic heterocycles. The molecule has 0 aliphatic carbocycles. The molecule has 27 heavy (non-hydrogen) atoms. The van der Waals surface area contributed by atoms with Crippen molar-refractivity contribution in [1.29, 1.82) is 0 Å². The molecule has 3 heteroatoms. The fourth-order valence-electron chi connectivity index (χ4n) is 3.80. The Morgan fingerprint density at radius 3 is 1.22 bits per heavy atom. The second-order valence-corrected chi connectivity index (χ2v) is 8.43. The summed E-state index contributed by atoms with van der Waals surface area (Å²) in [5.74, 6) is 0. The number of aliphatic hydroxyl groups is 1. The summed E-state index contributed by atoms with van der Waals surface area (Å²) in [4.78, 5) is 4.07. The molecule has 2 N–H and O–H groups in total. The Bertz CT molecular complexity index is 258. The van der Waals surface area contributed by atoms with Crippen molar-refractivity contribution < 1.29 is 15.3 Å². The summed E-state index contributed by atoms with van der Waals surface area (Å²) in [6.07, 6.45) is 26.7. The number of hydrogen-bond donors (Lipinski definition) is 2. The van der Waals surface area contributed by atoms with Crippen molar-refractivity contribution in [3.8, 4) is 0 Å². The van der Waals surface area contributed by atoms with Gasteiger partial charge in [-0.3, -0.25) is 5.26 Å². The van der Waals surface area contributed by atoms with Crippen molar-refractivity contribution >= 4 is 0 Å². The van der Waals surface area contributed by atoms with Gasteiger partial charge in [0.15, 0.2) is 0 Å². The lowest BCUT2D eigenvalue weighted by Gasteiger charge is -2.10. The van der Waals surface area contributed by atoms with E-state index in [0.717, 1.165) is 25.7 Å². The summed E-state index contributed by atoms with van der Waals surface area (Å²) in [5.41, 5.74) is 0. The first-order chi connectivity index (χ1) is 13.3. The summed E-state index contributed by atoms with van der Waals surface area (Å²) in [5, 5.41) is 18.3. The van der Waals surface area contributed by atoms with Crippen LogP contribution in [0.4, 0.5) is 0 Å². The molecule has 0 aromatic heterocycles. The predicted molar refractivity (Wildman–Crippen MR) is 117 cm³/mol. The van der Waals surface area contributed by atoms with Crippen LogP contribution in [0.15, 0.2) is 0 Å². The SMILES string of the molecule is CCCCCCCCCCCCCCC(O)CCCCCCCCCOO. The normalized spacial score (nSPS) is 12.6. The van der Waals surface area contributed by atoms with Crippen molar-refractivity contribution in [1.82, 2.24) is 0 Å². The largest absolute Gasteiger partial charge is 0.393 e. The summed E-state index contributed by atoms with van der Waals surface area (Å²) >= 11 is 0. The third-order valence-electron chi connectivity index (χ3n) is 5.66. The van der Waals surface area contributed by atoms with Gasteiger partial charge in [-0.15, -0.1) is 0 Å². The molecular weight excluding hydrogens is 336 g/mol. The zero-order chi connectivity index (χ0) is 19.8. The van der Waals surface area contributed by atoms with Crippen molar-refractivity contribution in [3.63, 3.8) is 0 Å². The van der Waals surface area contributed by atoms with Gasteiger partial charge in [0.05, 0.1) is 12.7 Å². The van der Waals surface area contributed by atoms with E-state index < -0.39 is 0 Å². The Morgan fingerprint density at radius 2 is 0.852 bits per heavy atom. The highest BCUT2D eigenvalue weighted by molar-refractivity contribution is 4.58. The molecule has 0 rings (SSSR count). The van der Waals surface area contributed by atoms with Gasteiger partial charge in [-0.1, -0.05) is 122 Å². The minimum atomic E-state index is -0.0742. The van der Waals surface area contributed by atoms with Crippen LogP contribution in [-0.4, -0.2) is 23.1 Å². The number of unbranched alkanes of at least 4 members (excludes halogenated alkanes) is 17. The molecule has 1 unspecified atom stereocenters. The van der Waals surface area contributed by atoms with Crippen LogP contribution in [0.3, 0.4) is 0 Å². The van der Waals surface area contributed by atoms with Gasteiger partial charge in [0.2, 0.25) is 0 Å². The van der Waals surface area contributed by atoms with Gasteiger partial charge in [0.25, 0.3) is 0 Å². The van der Waals surface area contributed by atoms with Crippen molar-refractivity contribution in [2.45, 2.75) is 148 Å². The second kappa shape index (κ2) is 23.9. The Balaban J connectivity index is 3.12. The molecule has 0 saturated heterocycles. The molecule has 0 spiro atoms. The van der Waals surface area contributed by atoms with E-state index in [4.69, 9.17) is 5.26 Å². The zero-order valence-corrected chi connectivity index (χ0v) is 18.4. The van der Waals surface area contributed by atoms with Crippen molar-refractivity contribution in [2.24, 2.45) is 0 Å². The van der Waals surface area contributed by atoms with E-state index in [1.807, 2.05) is 0 Å². The Labute approximate surface area is 170 Å². The van der Waals surface area contributed by atoms with Crippen LogP contribution < -0.4 is 0 Å². The number of aliphatic hydroxyl groups excluding tert-OH is 1. The Morgan fingerprint density at radius 1 is 0.519 bits per heavy atom. The highest BCUT2D eigenvalue weighted by Crippen LogP contribution is 2.15. The third-order valence-corrected chi connectivity index (χ3v) is 5.66. The first-order valence-electron chi connectivity index (χ1n) is 12.3. The van der Waals surface area contributed by atoms with Crippen molar-refractivity contribution in [3.05, 3.63) is 0 Å². The van der Waals surface area contributed by atoms with Crippen LogP contribution in [0, 0.1) is 0 Å². The smallest absolute Gasteiger partial charge is 0.0819 e. The monoisotopic (exact) mass is 386 g/mol. The average molecular weight is 387 g/mol. The molecule has 164 valence electrons. The molecule has 3 nitrogen and oxygen atoms in total. The molecule has 0 aromatic rings. The van der Waals surface area contributed by atoms with Gasteiger partial charge in [-0.2, -0.15) is 0 Å². The van der Waals surface area contributed by atoms with Gasteiger partial charge in [0, 0.05) is 0 Å². The average Bonchev–Trinajstić information content (AvgIpc) is 2.67. The lowest BCUT2D eigenvalue weighted by molar-refractivity contribution is -0.242. The lowest BCUT2D eigenvalue weighted by atomic mass is 10.0. The van der Waals surface area contributed by atoms with E-state index in [2.05, 4.69) is 11.8 Å². The first-order valence-corrected chi connectivity index (χ1v) is 12.3. The molecule has 0 aromatic carbocycles. The fraction of sp³-hybridized carbons (Fsp3) is 1.00. The molecule has 0 saturated carbocycles. The summed E-state index contributed by atoms with van der Waals surface area (Å²) < 4.78 is 0. The maximum absolute atomic E-state index is 10.1. The maximum atomic E-state index is 10.1. The molecule has 0 bridgehead atoms. The van der Waals surface area contributed by atoms with Crippen molar-refractivity contribution in [2.75, 3.05) is 6.61 Å². The lowest BCUT2D eigenvalue weighted by Crippen LogP contribution is -2.05. The van der Waals surface area contributed by atoms with E-state index in [-0.39, 0.29) is 6.10 Å². The molecule has 0 fully saturated rings. The Kier molecular flexibility index (Phi) is 23.8. The van der Waals surface area contributed by atoms with E-state index >= 15 is 0 Å². The van der Waals surface area contributed by atoms with Crippen LogP contribution in [0.2, 0.25) is 0 Å². The van der Waals surface area contributed by atoms with Gasteiger partial charge in [0.1, 0.15) is 0 Å². The minimum Gasteiger partial charge on any atom is -0.393 e. The Hall–Kier alpha value is -0.120. The van der Waals surface area contributed by atoms with Gasteiger partial charge >= 0.3 is 0 Å². The highest BCUT2D eigenvalue weighted by Gasteiger charge is 2.03. The zero-order valence-electron chi connectivity index (χ0n) is 18.4. The molecule has 0 heterocycles. The van der Waals surface area contributed by atoms with E-state index in [9.17, 15) is 5.11 Å². The maximum Gasteiger partial charge on any atom is 0.0819 e. The second-order valence-electron chi connectivity index (χ2n) is 8.43. The van der Waals surface area contributed by atoms with Gasteiger partial charge < -0.3 is 5.11 Å². The van der Waals surface area contributed by atoms with Crippen LogP contribution in [0.1, 0.15) is 142 Å². The minimum absolute atomic E-state index is 0.0742.